The van der Waals surface area contributed by atoms with E-state index in [1.807, 2.05) is 73.7 Å². The smallest absolute Gasteiger partial charge is 0.254 e. The van der Waals surface area contributed by atoms with Crippen LogP contribution in [0.5, 0.6) is 0 Å². The second kappa shape index (κ2) is 11.0. The predicted molar refractivity (Wildman–Crippen MR) is 135 cm³/mol. The Labute approximate surface area is 205 Å². The fourth-order valence-electron chi connectivity index (χ4n) is 4.39. The van der Waals surface area contributed by atoms with Gasteiger partial charge < -0.3 is 20.2 Å². The maximum Gasteiger partial charge on any atom is 0.254 e. The number of likely N-dealkylation sites (tertiary alicyclic amines) is 1. The maximum atomic E-state index is 13.5. The molecule has 0 aromatic heterocycles. The minimum Gasteiger partial charge on any atom is -0.399 e. The van der Waals surface area contributed by atoms with E-state index in [4.69, 9.17) is 4.84 Å². The Hall–Kier alpha value is -3.97. The summed E-state index contributed by atoms with van der Waals surface area (Å²) in [6, 6.07) is 23.4. The molecule has 0 saturated carbocycles. The quantitative estimate of drug-likeness (QED) is 0.514. The Balaban J connectivity index is 1.55. The number of carbonyl (C=O) groups excluding carboxylic acids is 2. The minimum atomic E-state index is -0.759. The average Bonchev–Trinajstić information content (AvgIpc) is 3.32. The molecule has 2 atom stereocenters. The molecule has 4 rings (SSSR count). The minimum absolute atomic E-state index is 0.194. The summed E-state index contributed by atoms with van der Waals surface area (Å²) >= 11 is 0. The third-order valence-electron chi connectivity index (χ3n) is 6.23. The van der Waals surface area contributed by atoms with Crippen molar-refractivity contribution in [2.24, 2.45) is 5.16 Å². The molecule has 0 unspecified atom stereocenters. The Bertz CT molecular complexity index is 1210. The highest BCUT2D eigenvalue weighted by molar-refractivity contribution is 6.05. The number of amides is 2. The number of carbonyl (C=O) groups is 2. The number of nitrogens with one attached hydrogen (secondary N) is 1. The summed E-state index contributed by atoms with van der Waals surface area (Å²) in [5.74, 6) is -0.609. The van der Waals surface area contributed by atoms with Crippen molar-refractivity contribution in [2.45, 2.75) is 25.4 Å². The molecule has 35 heavy (non-hydrogen) atoms. The van der Waals surface area contributed by atoms with Crippen LogP contribution in [0.2, 0.25) is 0 Å². The maximum absolute atomic E-state index is 13.5. The number of aliphatic hydroxyl groups is 1. The number of aliphatic hydroxyl groups excluding tert-OH is 1. The molecule has 0 aliphatic carbocycles. The topological polar surface area (TPSA) is 91.2 Å². The van der Waals surface area contributed by atoms with E-state index in [0.29, 0.717) is 11.3 Å². The van der Waals surface area contributed by atoms with Crippen molar-refractivity contribution in [3.8, 4) is 11.1 Å². The summed E-state index contributed by atoms with van der Waals surface area (Å²) in [4.78, 5) is 33.1. The predicted octanol–water partition coefficient (Wildman–Crippen LogP) is 3.73. The van der Waals surface area contributed by atoms with Gasteiger partial charge >= 0.3 is 0 Å². The van der Waals surface area contributed by atoms with E-state index in [2.05, 4.69) is 10.5 Å². The first-order chi connectivity index (χ1) is 17.0. The van der Waals surface area contributed by atoms with Gasteiger partial charge in [0.25, 0.3) is 5.91 Å². The van der Waals surface area contributed by atoms with E-state index in [0.717, 1.165) is 22.3 Å². The molecule has 0 radical (unpaired) electrons. The zero-order chi connectivity index (χ0) is 24.8. The molecule has 3 aromatic rings. The highest BCUT2D eigenvalue weighted by Crippen LogP contribution is 2.25. The lowest BCUT2D eigenvalue weighted by molar-refractivity contribution is -0.125. The number of nitrogens with zero attached hydrogens (tertiary/aromatic N) is 2. The van der Waals surface area contributed by atoms with Crippen molar-refractivity contribution < 1.29 is 19.5 Å². The van der Waals surface area contributed by atoms with Crippen LogP contribution in [-0.2, 0) is 9.63 Å². The van der Waals surface area contributed by atoms with Crippen LogP contribution in [0.1, 0.15) is 33.9 Å². The Morgan fingerprint density at radius 2 is 1.74 bits per heavy atom. The van der Waals surface area contributed by atoms with Gasteiger partial charge in [0.1, 0.15) is 13.2 Å². The molecule has 1 heterocycles. The summed E-state index contributed by atoms with van der Waals surface area (Å²) in [5, 5.41) is 16.7. The van der Waals surface area contributed by atoms with Gasteiger partial charge in [-0.15, -0.1) is 0 Å². The molecular formula is C28H29N3O4. The number of hydrogen-bond donors (Lipinski definition) is 2. The van der Waals surface area contributed by atoms with Crippen LogP contribution in [0.15, 0.2) is 84.0 Å². The lowest BCUT2D eigenvalue weighted by Gasteiger charge is -2.26. The number of benzene rings is 3. The van der Waals surface area contributed by atoms with Gasteiger partial charge in [-0.3, -0.25) is 9.59 Å². The number of oxime groups is 1. The van der Waals surface area contributed by atoms with Crippen LogP contribution in [0.25, 0.3) is 11.1 Å². The molecule has 180 valence electrons. The molecule has 1 aliphatic heterocycles. The zero-order valence-electron chi connectivity index (χ0n) is 19.8. The standard InChI is InChI=1S/C28H29N3O4/c1-19-8-6-7-11-24(19)20-12-14-22(15-13-20)28(34)31-17-23(30-35-2)16-26(31)27(33)29-25(18-32)21-9-4-3-5-10-21/h3-15,25-26,32H,16-18H2,1-2H3,(H,29,33)/b30-23+/t25-,26-/m0/s1. The van der Waals surface area contributed by atoms with Crippen LogP contribution >= 0.6 is 0 Å². The van der Waals surface area contributed by atoms with Crippen molar-refractivity contribution in [1.82, 2.24) is 10.2 Å². The van der Waals surface area contributed by atoms with E-state index in [9.17, 15) is 14.7 Å². The van der Waals surface area contributed by atoms with Gasteiger partial charge in [0.15, 0.2) is 0 Å². The third-order valence-corrected chi connectivity index (χ3v) is 6.23. The first-order valence-electron chi connectivity index (χ1n) is 11.5. The number of hydrogen-bond acceptors (Lipinski definition) is 5. The monoisotopic (exact) mass is 471 g/mol. The Kier molecular flexibility index (Phi) is 7.57. The van der Waals surface area contributed by atoms with Gasteiger partial charge in [-0.1, -0.05) is 71.9 Å². The van der Waals surface area contributed by atoms with Crippen LogP contribution in [-0.4, -0.2) is 53.8 Å². The van der Waals surface area contributed by atoms with E-state index in [1.54, 1.807) is 12.1 Å². The molecule has 7 heteroatoms. The SMILES string of the molecule is CO/N=C1\C[C@@H](C(=O)N[C@@H](CO)c2ccccc2)N(C(=O)c2ccc(-c3ccccc3C)cc2)C1. The largest absolute Gasteiger partial charge is 0.399 e. The Morgan fingerprint density at radius 3 is 2.40 bits per heavy atom. The molecule has 0 spiro atoms. The van der Waals surface area contributed by atoms with Crippen LogP contribution < -0.4 is 5.32 Å². The van der Waals surface area contributed by atoms with Crippen molar-refractivity contribution in [2.75, 3.05) is 20.3 Å². The summed E-state index contributed by atoms with van der Waals surface area (Å²) in [6.45, 7) is 1.99. The third kappa shape index (κ3) is 5.41. The molecular weight excluding hydrogens is 442 g/mol. The van der Waals surface area contributed by atoms with Gasteiger partial charge in [0, 0.05) is 12.0 Å². The Morgan fingerprint density at radius 1 is 1.06 bits per heavy atom. The van der Waals surface area contributed by atoms with E-state index in [-0.39, 0.29) is 31.4 Å². The van der Waals surface area contributed by atoms with Gasteiger partial charge in [-0.2, -0.15) is 0 Å². The van der Waals surface area contributed by atoms with Crippen LogP contribution in [0.4, 0.5) is 0 Å². The summed E-state index contributed by atoms with van der Waals surface area (Å²) < 4.78 is 0. The molecule has 1 fully saturated rings. The van der Waals surface area contributed by atoms with Crippen LogP contribution in [0.3, 0.4) is 0 Å². The van der Waals surface area contributed by atoms with Gasteiger partial charge in [-0.05, 0) is 41.3 Å². The van der Waals surface area contributed by atoms with Crippen molar-refractivity contribution in [3.05, 3.63) is 95.6 Å². The van der Waals surface area contributed by atoms with E-state index >= 15 is 0 Å². The van der Waals surface area contributed by atoms with Crippen molar-refractivity contribution in [1.29, 1.82) is 0 Å². The molecule has 0 bridgehead atoms. The highest BCUT2D eigenvalue weighted by Gasteiger charge is 2.39. The lowest BCUT2D eigenvalue weighted by atomic mass is 9.99. The van der Waals surface area contributed by atoms with Crippen LogP contribution in [0, 0.1) is 6.92 Å². The lowest BCUT2D eigenvalue weighted by Crippen LogP contribution is -2.47. The summed E-state index contributed by atoms with van der Waals surface area (Å²) in [5.41, 5.74) is 5.16. The number of aryl methyl sites for hydroxylation is 1. The van der Waals surface area contributed by atoms with E-state index in [1.165, 1.54) is 12.0 Å². The number of rotatable bonds is 7. The molecule has 3 aromatic carbocycles. The summed E-state index contributed by atoms with van der Waals surface area (Å²) in [7, 11) is 1.44. The summed E-state index contributed by atoms with van der Waals surface area (Å²) in [6.07, 6.45) is 0.264. The van der Waals surface area contributed by atoms with E-state index < -0.39 is 12.1 Å². The molecule has 2 amide bonds. The molecule has 7 nitrogen and oxygen atoms in total. The van der Waals surface area contributed by atoms with Gasteiger partial charge in [0.2, 0.25) is 5.91 Å². The van der Waals surface area contributed by atoms with Gasteiger partial charge in [0.05, 0.1) is 24.9 Å². The fraction of sp³-hybridized carbons (Fsp3) is 0.250. The average molecular weight is 472 g/mol. The first kappa shape index (κ1) is 24.2. The van der Waals surface area contributed by atoms with Crippen molar-refractivity contribution >= 4 is 17.5 Å². The normalized spacial score (nSPS) is 17.3. The second-order valence-corrected chi connectivity index (χ2v) is 8.54. The van der Waals surface area contributed by atoms with Gasteiger partial charge in [-0.25, -0.2) is 0 Å². The zero-order valence-corrected chi connectivity index (χ0v) is 19.8. The highest BCUT2D eigenvalue weighted by atomic mass is 16.6. The molecule has 1 saturated heterocycles. The fourth-order valence-corrected chi connectivity index (χ4v) is 4.39. The second-order valence-electron chi connectivity index (χ2n) is 8.54. The molecule has 1 aliphatic rings. The molecule has 2 N–H and O–H groups in total. The van der Waals surface area contributed by atoms with Crippen molar-refractivity contribution in [3.63, 3.8) is 0 Å². The first-order valence-corrected chi connectivity index (χ1v) is 11.5.